The number of ether oxygens (including phenoxy) is 1. The van der Waals surface area contributed by atoms with Gasteiger partial charge in [0.25, 0.3) is 5.91 Å². The Morgan fingerprint density at radius 2 is 1.87 bits per heavy atom. The maximum absolute atomic E-state index is 13.3. The third-order valence-corrected chi connectivity index (χ3v) is 4.95. The molecule has 6 heteroatoms. The van der Waals surface area contributed by atoms with Crippen molar-refractivity contribution in [2.45, 2.75) is 13.0 Å². The molecule has 2 aromatic carbocycles. The van der Waals surface area contributed by atoms with Gasteiger partial charge < -0.3 is 19.0 Å². The predicted molar refractivity (Wildman–Crippen MR) is 114 cm³/mol. The Bertz CT molecular complexity index is 1130. The number of nitrogens with one attached hydrogen (secondary N) is 1. The molecule has 4 rings (SSSR count). The lowest BCUT2D eigenvalue weighted by Crippen LogP contribution is -2.27. The molecule has 4 aromatic rings. The molecule has 0 bridgehead atoms. The highest BCUT2D eigenvalue weighted by Crippen LogP contribution is 2.31. The van der Waals surface area contributed by atoms with E-state index in [-0.39, 0.29) is 11.7 Å². The number of hydrogen-bond donors (Lipinski definition) is 1. The van der Waals surface area contributed by atoms with E-state index >= 15 is 0 Å². The zero-order chi connectivity index (χ0) is 20.9. The number of rotatable bonds is 8. The summed E-state index contributed by atoms with van der Waals surface area (Å²) in [7, 11) is 1.64. The van der Waals surface area contributed by atoms with Crippen LogP contribution in [0.1, 0.15) is 22.5 Å². The molecule has 0 aliphatic heterocycles. The number of furan rings is 1. The maximum Gasteiger partial charge on any atom is 0.268 e. The molecule has 0 fully saturated rings. The number of halogens is 1. The lowest BCUT2D eigenvalue weighted by atomic mass is 10.2. The molecular formula is C24H23FN2O3. The number of carbonyl (C=O) groups is 1. The summed E-state index contributed by atoms with van der Waals surface area (Å²) in [6, 6.07) is 19.8. The predicted octanol–water partition coefficient (Wildman–Crippen LogP) is 4.86. The molecule has 0 atom stereocenters. The first-order valence-corrected chi connectivity index (χ1v) is 9.86. The second-order valence-corrected chi connectivity index (χ2v) is 7.07. The summed E-state index contributed by atoms with van der Waals surface area (Å²) in [6.45, 7) is 1.66. The Labute approximate surface area is 174 Å². The monoisotopic (exact) mass is 406 g/mol. The van der Waals surface area contributed by atoms with Crippen LogP contribution in [0, 0.1) is 5.82 Å². The summed E-state index contributed by atoms with van der Waals surface area (Å²) in [4.78, 5) is 12.8. The third-order valence-electron chi connectivity index (χ3n) is 4.95. The van der Waals surface area contributed by atoms with Gasteiger partial charge in [0.2, 0.25) is 0 Å². The van der Waals surface area contributed by atoms with Crippen LogP contribution in [0.15, 0.2) is 71.1 Å². The van der Waals surface area contributed by atoms with Crippen LogP contribution in [0.25, 0.3) is 22.4 Å². The van der Waals surface area contributed by atoms with Crippen molar-refractivity contribution in [2.24, 2.45) is 0 Å². The van der Waals surface area contributed by atoms with Gasteiger partial charge in [0.1, 0.15) is 17.3 Å². The van der Waals surface area contributed by atoms with E-state index in [4.69, 9.17) is 9.15 Å². The van der Waals surface area contributed by atoms with Gasteiger partial charge in [-0.2, -0.15) is 0 Å². The molecule has 2 aromatic heterocycles. The van der Waals surface area contributed by atoms with Gasteiger partial charge in [0.05, 0.1) is 5.52 Å². The largest absolute Gasteiger partial charge is 0.454 e. The van der Waals surface area contributed by atoms with Gasteiger partial charge in [-0.1, -0.05) is 30.3 Å². The first-order valence-electron chi connectivity index (χ1n) is 9.86. The van der Waals surface area contributed by atoms with Crippen molar-refractivity contribution in [3.05, 3.63) is 83.8 Å². The van der Waals surface area contributed by atoms with Crippen LogP contribution >= 0.6 is 0 Å². The van der Waals surface area contributed by atoms with Crippen molar-refractivity contribution in [1.29, 1.82) is 0 Å². The van der Waals surface area contributed by atoms with Gasteiger partial charge in [-0.3, -0.25) is 4.79 Å². The number of carbonyl (C=O) groups excluding carboxylic acids is 1. The standard InChI is InChI=1S/C24H23FN2O3/c1-29-13-5-12-26-24(28)21-15-23-20(27(21)16-17-6-3-2-4-7-17)14-22(30-23)18-8-10-19(25)11-9-18/h2-4,6-11,14-15H,5,12-13,16H2,1H3,(H,26,28). The fraction of sp³-hybridized carbons (Fsp3) is 0.208. The van der Waals surface area contributed by atoms with Crippen molar-refractivity contribution >= 4 is 17.0 Å². The van der Waals surface area contributed by atoms with Gasteiger partial charge in [-0.25, -0.2) is 4.39 Å². The second kappa shape index (κ2) is 8.97. The zero-order valence-electron chi connectivity index (χ0n) is 16.7. The molecule has 0 unspecified atom stereocenters. The van der Waals surface area contributed by atoms with E-state index in [1.165, 1.54) is 12.1 Å². The summed E-state index contributed by atoms with van der Waals surface area (Å²) >= 11 is 0. The Morgan fingerprint density at radius 3 is 2.60 bits per heavy atom. The Kier molecular flexibility index (Phi) is 5.95. The summed E-state index contributed by atoms with van der Waals surface area (Å²) in [5.41, 5.74) is 3.83. The van der Waals surface area contributed by atoms with Crippen LogP contribution in [0.4, 0.5) is 4.39 Å². The Hall–Kier alpha value is -3.38. The van der Waals surface area contributed by atoms with Crippen LogP contribution in [-0.4, -0.2) is 30.7 Å². The number of aromatic nitrogens is 1. The number of benzene rings is 2. The van der Waals surface area contributed by atoms with Crippen LogP contribution in [0.2, 0.25) is 0 Å². The average Bonchev–Trinajstić information content (AvgIpc) is 3.32. The molecule has 0 aliphatic carbocycles. The highest BCUT2D eigenvalue weighted by Gasteiger charge is 2.19. The minimum absolute atomic E-state index is 0.156. The smallest absolute Gasteiger partial charge is 0.268 e. The molecule has 1 N–H and O–H groups in total. The molecule has 1 amide bonds. The summed E-state index contributed by atoms with van der Waals surface area (Å²) in [5, 5.41) is 2.94. The topological polar surface area (TPSA) is 56.4 Å². The van der Waals surface area contributed by atoms with Crippen LogP contribution in [-0.2, 0) is 11.3 Å². The SMILES string of the molecule is COCCCNC(=O)c1cc2oc(-c3ccc(F)cc3)cc2n1Cc1ccccc1. The number of methoxy groups -OCH3 is 1. The summed E-state index contributed by atoms with van der Waals surface area (Å²) in [5.74, 6) is 0.182. The molecule has 0 saturated heterocycles. The highest BCUT2D eigenvalue weighted by molar-refractivity contribution is 5.98. The third kappa shape index (κ3) is 4.28. The van der Waals surface area contributed by atoms with Crippen LogP contribution in [0.3, 0.4) is 0 Å². The molecule has 154 valence electrons. The van der Waals surface area contributed by atoms with E-state index in [0.717, 1.165) is 23.1 Å². The molecule has 0 spiro atoms. The van der Waals surface area contributed by atoms with E-state index in [0.29, 0.717) is 36.7 Å². The first-order chi connectivity index (χ1) is 14.7. The van der Waals surface area contributed by atoms with E-state index in [2.05, 4.69) is 5.32 Å². The fourth-order valence-corrected chi connectivity index (χ4v) is 3.43. The van der Waals surface area contributed by atoms with Gasteiger partial charge in [0.15, 0.2) is 5.58 Å². The maximum atomic E-state index is 13.3. The lowest BCUT2D eigenvalue weighted by Gasteiger charge is -2.11. The van der Waals surface area contributed by atoms with Gasteiger partial charge >= 0.3 is 0 Å². The first kappa shape index (κ1) is 19.9. The number of nitrogens with zero attached hydrogens (tertiary/aromatic N) is 1. The molecule has 30 heavy (non-hydrogen) atoms. The molecule has 0 saturated carbocycles. The average molecular weight is 406 g/mol. The van der Waals surface area contributed by atoms with Crippen LogP contribution < -0.4 is 5.32 Å². The summed E-state index contributed by atoms with van der Waals surface area (Å²) in [6.07, 6.45) is 0.743. The van der Waals surface area contributed by atoms with Crippen molar-refractivity contribution in [3.63, 3.8) is 0 Å². The fourth-order valence-electron chi connectivity index (χ4n) is 3.43. The zero-order valence-corrected chi connectivity index (χ0v) is 16.7. The van der Waals surface area contributed by atoms with E-state index in [1.54, 1.807) is 25.3 Å². The van der Waals surface area contributed by atoms with E-state index in [9.17, 15) is 9.18 Å². The minimum Gasteiger partial charge on any atom is -0.454 e. The molecular weight excluding hydrogens is 383 g/mol. The number of amides is 1. The molecule has 0 aliphatic rings. The second-order valence-electron chi connectivity index (χ2n) is 7.07. The molecule has 5 nitrogen and oxygen atoms in total. The lowest BCUT2D eigenvalue weighted by molar-refractivity contribution is 0.0940. The molecule has 2 heterocycles. The van der Waals surface area contributed by atoms with Crippen molar-refractivity contribution in [1.82, 2.24) is 9.88 Å². The Morgan fingerprint density at radius 1 is 1.10 bits per heavy atom. The molecule has 0 radical (unpaired) electrons. The minimum atomic E-state index is -0.295. The highest BCUT2D eigenvalue weighted by atomic mass is 19.1. The van der Waals surface area contributed by atoms with Gasteiger partial charge in [-0.15, -0.1) is 0 Å². The Balaban J connectivity index is 1.69. The summed E-state index contributed by atoms with van der Waals surface area (Å²) < 4.78 is 26.2. The van der Waals surface area contributed by atoms with Crippen LogP contribution in [0.5, 0.6) is 0 Å². The van der Waals surface area contributed by atoms with Crippen molar-refractivity contribution < 1.29 is 18.3 Å². The van der Waals surface area contributed by atoms with Crippen molar-refractivity contribution in [2.75, 3.05) is 20.3 Å². The quantitative estimate of drug-likeness (QED) is 0.426. The number of hydrogen-bond acceptors (Lipinski definition) is 3. The van der Waals surface area contributed by atoms with Crippen molar-refractivity contribution in [3.8, 4) is 11.3 Å². The number of fused-ring (bicyclic) bond motifs is 1. The van der Waals surface area contributed by atoms with E-state index in [1.807, 2.05) is 41.0 Å². The van der Waals surface area contributed by atoms with Gasteiger partial charge in [0, 0.05) is 44.5 Å². The normalized spacial score (nSPS) is 11.1. The van der Waals surface area contributed by atoms with E-state index < -0.39 is 0 Å². The van der Waals surface area contributed by atoms with Gasteiger partial charge in [-0.05, 0) is 36.2 Å².